The van der Waals surface area contributed by atoms with Crippen molar-refractivity contribution < 1.29 is 14.6 Å². The van der Waals surface area contributed by atoms with E-state index in [4.69, 9.17) is 21.3 Å². The third kappa shape index (κ3) is 6.88. The summed E-state index contributed by atoms with van der Waals surface area (Å²) >= 11 is 0. The van der Waals surface area contributed by atoms with Crippen molar-refractivity contribution in [3.05, 3.63) is 53.2 Å². The maximum atomic E-state index is 11.4. The molecule has 0 radical (unpaired) electrons. The third-order valence-electron chi connectivity index (χ3n) is 4.33. The first-order valence-electron chi connectivity index (χ1n) is 9.91. The monoisotopic (exact) mass is 413 g/mol. The number of aryl methyl sites for hydroxylation is 1. The topological polar surface area (TPSA) is 136 Å². The molecule has 0 amide bonds. The Morgan fingerprint density at radius 2 is 2.03 bits per heavy atom. The lowest BCUT2D eigenvalue weighted by molar-refractivity contribution is 0.0691. The second kappa shape index (κ2) is 12.2. The fourth-order valence-electron chi connectivity index (χ4n) is 2.66. The number of carboxylic acids is 1. The molecule has 0 aliphatic heterocycles. The van der Waals surface area contributed by atoms with E-state index < -0.39 is 5.97 Å². The van der Waals surface area contributed by atoms with Crippen LogP contribution in [0, 0.1) is 23.7 Å². The summed E-state index contributed by atoms with van der Waals surface area (Å²) in [7, 11) is 0. The van der Waals surface area contributed by atoms with E-state index in [-0.39, 0.29) is 23.9 Å². The van der Waals surface area contributed by atoms with E-state index in [0.717, 1.165) is 18.3 Å². The summed E-state index contributed by atoms with van der Waals surface area (Å²) in [5.74, 6) is -0.371. The molecule has 0 saturated carbocycles. The molecule has 0 unspecified atom stereocenters. The van der Waals surface area contributed by atoms with Crippen molar-refractivity contribution in [1.82, 2.24) is 9.88 Å². The van der Waals surface area contributed by atoms with Gasteiger partial charge in [0.15, 0.2) is 5.84 Å². The number of nitrogens with one attached hydrogen (secondary N) is 2. The third-order valence-corrected chi connectivity index (χ3v) is 4.33. The van der Waals surface area contributed by atoms with E-state index in [1.165, 1.54) is 4.90 Å². The van der Waals surface area contributed by atoms with E-state index >= 15 is 0 Å². The molecule has 0 bridgehead atoms. The highest BCUT2D eigenvalue weighted by atomic mass is 16.5. The van der Waals surface area contributed by atoms with E-state index in [0.29, 0.717) is 23.8 Å². The van der Waals surface area contributed by atoms with Gasteiger partial charge in [0.2, 0.25) is 0 Å². The molecule has 8 heteroatoms. The lowest BCUT2D eigenvalue weighted by atomic mass is 10.1. The Morgan fingerprint density at radius 3 is 2.60 bits per heavy atom. The van der Waals surface area contributed by atoms with Crippen LogP contribution in [0.4, 0.5) is 5.82 Å². The number of ether oxygens (including phenoxy) is 1. The lowest BCUT2D eigenvalue weighted by Gasteiger charge is -2.25. The zero-order valence-electron chi connectivity index (χ0n) is 18.0. The molecule has 5 N–H and O–H groups in total. The fourth-order valence-corrected chi connectivity index (χ4v) is 2.66. The van der Waals surface area contributed by atoms with Gasteiger partial charge < -0.3 is 20.5 Å². The quantitative estimate of drug-likeness (QED) is 0.362. The van der Waals surface area contributed by atoms with E-state index in [2.05, 4.69) is 4.98 Å². The zero-order valence-corrected chi connectivity index (χ0v) is 18.0. The Kier molecular flexibility index (Phi) is 10.0. The van der Waals surface area contributed by atoms with E-state index in [9.17, 15) is 9.90 Å². The first kappa shape index (κ1) is 24.6. The van der Waals surface area contributed by atoms with Crippen molar-refractivity contribution in [3.8, 4) is 5.75 Å². The summed E-state index contributed by atoms with van der Waals surface area (Å²) in [4.78, 5) is 17.0. The molecular weight excluding hydrogens is 382 g/mol. The number of carbonyl (C=O) groups is 1. The SMILES string of the molecule is CC.CC[C@@H](COc1ccc(C)cc1C(=O)O)CN(C=N)C(=N)c1cccc(N)n1. The minimum atomic E-state index is -1.04. The van der Waals surface area contributed by atoms with E-state index in [1.807, 2.05) is 27.7 Å². The number of aromatic nitrogens is 1. The number of aromatic carboxylic acids is 1. The van der Waals surface area contributed by atoms with Gasteiger partial charge in [-0.15, -0.1) is 0 Å². The van der Waals surface area contributed by atoms with Crippen LogP contribution in [0.5, 0.6) is 5.75 Å². The molecule has 0 fully saturated rings. The number of anilines is 1. The van der Waals surface area contributed by atoms with Gasteiger partial charge >= 0.3 is 5.97 Å². The Bertz CT molecular complexity index is 870. The molecule has 162 valence electrons. The number of hydrogen-bond donors (Lipinski definition) is 4. The van der Waals surface area contributed by atoms with Gasteiger partial charge in [0.1, 0.15) is 22.8 Å². The number of carboxylic acid groups (broad SMARTS) is 1. The minimum absolute atomic E-state index is 0.0223. The number of nitrogens with two attached hydrogens (primary N) is 1. The molecule has 1 aromatic heterocycles. The predicted octanol–water partition coefficient (Wildman–Crippen LogP) is 4.04. The van der Waals surface area contributed by atoms with Gasteiger partial charge in [-0.25, -0.2) is 9.78 Å². The maximum absolute atomic E-state index is 11.4. The number of amidine groups is 1. The second-order valence-electron chi connectivity index (χ2n) is 6.47. The molecule has 1 atom stereocenters. The van der Waals surface area contributed by atoms with Gasteiger partial charge in [-0.3, -0.25) is 10.8 Å². The summed E-state index contributed by atoms with van der Waals surface area (Å²) in [6.45, 7) is 8.43. The smallest absolute Gasteiger partial charge is 0.339 e. The van der Waals surface area contributed by atoms with Crippen molar-refractivity contribution in [3.63, 3.8) is 0 Å². The molecular formula is C22H31N5O3. The lowest BCUT2D eigenvalue weighted by Crippen LogP contribution is -2.36. The number of benzene rings is 1. The molecule has 1 heterocycles. The minimum Gasteiger partial charge on any atom is -0.492 e. The summed E-state index contributed by atoms with van der Waals surface area (Å²) in [5.41, 5.74) is 7.02. The number of rotatable bonds is 9. The van der Waals surface area contributed by atoms with Crippen LogP contribution in [0.1, 0.15) is 48.8 Å². The summed E-state index contributed by atoms with van der Waals surface area (Å²) in [6, 6.07) is 10.0. The Morgan fingerprint density at radius 1 is 1.33 bits per heavy atom. The summed E-state index contributed by atoms with van der Waals surface area (Å²) < 4.78 is 5.77. The largest absolute Gasteiger partial charge is 0.492 e. The van der Waals surface area contributed by atoms with Crippen molar-refractivity contribution in [2.75, 3.05) is 18.9 Å². The van der Waals surface area contributed by atoms with Gasteiger partial charge in [0.05, 0.1) is 12.9 Å². The van der Waals surface area contributed by atoms with Gasteiger partial charge in [-0.1, -0.05) is 38.5 Å². The first-order valence-corrected chi connectivity index (χ1v) is 9.91. The van der Waals surface area contributed by atoms with Crippen molar-refractivity contribution >= 4 is 24.0 Å². The highest BCUT2D eigenvalue weighted by Crippen LogP contribution is 2.21. The Labute approximate surface area is 177 Å². The summed E-state index contributed by atoms with van der Waals surface area (Å²) in [5, 5.41) is 25.3. The van der Waals surface area contributed by atoms with Crippen LogP contribution in [0.2, 0.25) is 0 Å². The number of pyridine rings is 1. The van der Waals surface area contributed by atoms with Crippen LogP contribution >= 0.6 is 0 Å². The van der Waals surface area contributed by atoms with Crippen LogP contribution in [-0.4, -0.2) is 46.3 Å². The van der Waals surface area contributed by atoms with Crippen LogP contribution in [-0.2, 0) is 0 Å². The fraction of sp³-hybridized carbons (Fsp3) is 0.364. The predicted molar refractivity (Wildman–Crippen MR) is 120 cm³/mol. The molecule has 2 rings (SSSR count). The molecule has 2 aromatic rings. The highest BCUT2D eigenvalue weighted by Gasteiger charge is 2.19. The van der Waals surface area contributed by atoms with Gasteiger partial charge in [0.25, 0.3) is 0 Å². The van der Waals surface area contributed by atoms with Gasteiger partial charge in [0, 0.05) is 12.5 Å². The van der Waals surface area contributed by atoms with Gasteiger partial charge in [-0.2, -0.15) is 0 Å². The maximum Gasteiger partial charge on any atom is 0.339 e. The Balaban J connectivity index is 0.00000218. The standard InChI is InChI=1S/C20H25N5O3.C2H6/c1-3-14(11-28-17-8-7-13(2)9-15(17)20(26)27)10-25(12-21)19(23)16-5-4-6-18(22)24-16;1-2/h4-9,12,14,21,23H,3,10-11H2,1-2H3,(H2,22,24)(H,26,27);1-2H3/t14-;/m1./s1. The number of hydrogen-bond acceptors (Lipinski definition) is 6. The number of nitrogen functional groups attached to an aromatic ring is 1. The number of nitrogens with zero attached hydrogens (tertiary/aromatic N) is 2. The molecule has 0 aliphatic carbocycles. The molecule has 1 aromatic carbocycles. The molecule has 8 nitrogen and oxygen atoms in total. The molecule has 0 saturated heterocycles. The van der Waals surface area contributed by atoms with Crippen LogP contribution in [0.15, 0.2) is 36.4 Å². The molecule has 0 aliphatic rings. The van der Waals surface area contributed by atoms with Gasteiger partial charge in [-0.05, 0) is 37.6 Å². The first-order chi connectivity index (χ1) is 14.3. The Hall–Kier alpha value is -3.42. The normalized spacial score (nSPS) is 10.9. The molecule has 0 spiro atoms. The zero-order chi connectivity index (χ0) is 22.7. The van der Waals surface area contributed by atoms with Crippen molar-refractivity contribution in [2.24, 2.45) is 5.92 Å². The van der Waals surface area contributed by atoms with Crippen LogP contribution in [0.3, 0.4) is 0 Å². The molecule has 30 heavy (non-hydrogen) atoms. The van der Waals surface area contributed by atoms with Crippen LogP contribution < -0.4 is 10.5 Å². The van der Waals surface area contributed by atoms with E-state index in [1.54, 1.807) is 36.4 Å². The van der Waals surface area contributed by atoms with Crippen molar-refractivity contribution in [2.45, 2.75) is 34.1 Å². The average molecular weight is 414 g/mol. The summed E-state index contributed by atoms with van der Waals surface area (Å²) in [6.07, 6.45) is 1.81. The average Bonchev–Trinajstić information content (AvgIpc) is 2.75. The van der Waals surface area contributed by atoms with Crippen LogP contribution in [0.25, 0.3) is 0 Å². The second-order valence-corrected chi connectivity index (χ2v) is 6.47. The highest BCUT2D eigenvalue weighted by molar-refractivity contribution is 6.00. The van der Waals surface area contributed by atoms with Crippen molar-refractivity contribution in [1.29, 1.82) is 10.8 Å².